The molecule has 8 nitrogen and oxygen atoms in total. The maximum absolute atomic E-state index is 9.94. The van der Waals surface area contributed by atoms with E-state index < -0.39 is 17.9 Å². The average Bonchev–Trinajstić information content (AvgIpc) is 2.16. The molecule has 0 aliphatic carbocycles. The molecule has 0 heterocycles. The Morgan fingerprint density at radius 3 is 1.35 bits per heavy atom. The Hall–Kier alpha value is -1.67. The molecule has 0 aromatic rings. The van der Waals surface area contributed by atoms with Gasteiger partial charge in [-0.15, -0.1) is 0 Å². The molecular weight excluding hydrogens is 232 g/mol. The summed E-state index contributed by atoms with van der Waals surface area (Å²) in [4.78, 5) is 29.4. The van der Waals surface area contributed by atoms with Gasteiger partial charge in [-0.1, -0.05) is 0 Å². The van der Waals surface area contributed by atoms with Gasteiger partial charge in [0.15, 0.2) is 0 Å². The fraction of sp³-hybridized carbons (Fsp3) is 0.667. The molecular formula is C9H18N2O6. The first kappa shape index (κ1) is 17.7. The van der Waals surface area contributed by atoms with Crippen LogP contribution in [0.25, 0.3) is 0 Å². The number of carbonyl (C=O) groups is 3. The predicted molar refractivity (Wildman–Crippen MR) is 58.7 cm³/mol. The number of carboxylic acid groups (broad SMARTS) is 3. The first-order valence-electron chi connectivity index (χ1n) is 4.96. The molecule has 0 fully saturated rings. The molecule has 0 rings (SSSR count). The second-order valence-electron chi connectivity index (χ2n) is 2.97. The van der Waals surface area contributed by atoms with E-state index in [1.165, 1.54) is 0 Å². The van der Waals surface area contributed by atoms with Crippen LogP contribution in [0, 0.1) is 0 Å². The van der Waals surface area contributed by atoms with Crippen LogP contribution in [0.15, 0.2) is 0 Å². The Morgan fingerprint density at radius 1 is 0.824 bits per heavy atom. The van der Waals surface area contributed by atoms with Crippen LogP contribution in [0.5, 0.6) is 0 Å². The molecule has 0 atom stereocenters. The molecule has 0 aromatic carbocycles. The summed E-state index contributed by atoms with van der Waals surface area (Å²) in [7, 11) is 0. The molecule has 17 heavy (non-hydrogen) atoms. The molecule has 0 saturated carbocycles. The highest BCUT2D eigenvalue weighted by Gasteiger charge is 1.97. The van der Waals surface area contributed by atoms with E-state index in [0.29, 0.717) is 13.1 Å². The predicted octanol–water partition coefficient (Wildman–Crippen LogP) is -1.05. The summed E-state index contributed by atoms with van der Waals surface area (Å²) in [6, 6.07) is 0. The van der Waals surface area contributed by atoms with Gasteiger partial charge >= 0.3 is 17.9 Å². The van der Waals surface area contributed by atoms with Gasteiger partial charge in [0, 0.05) is 19.6 Å². The maximum Gasteiger partial charge on any atom is 0.304 e. The quantitative estimate of drug-likeness (QED) is 0.342. The van der Waals surface area contributed by atoms with Gasteiger partial charge < -0.3 is 26.4 Å². The van der Waals surface area contributed by atoms with E-state index in [2.05, 4.69) is 5.32 Å². The summed E-state index contributed by atoms with van der Waals surface area (Å²) in [5, 5.41) is 26.9. The molecule has 0 aromatic heterocycles. The number of hydrogen-bond donors (Lipinski definition) is 5. The average molecular weight is 250 g/mol. The minimum absolute atomic E-state index is 0.0274. The standard InChI is InChI=1S/C6H11NO4.C3H7NO2/c8-5(9)1-3-7-4-2-6(10)11;4-2-1-3(5)6/h7H,1-4H2,(H,8,9)(H,10,11);1-2,4H2,(H,5,6). The second kappa shape index (κ2) is 12.4. The van der Waals surface area contributed by atoms with E-state index >= 15 is 0 Å². The van der Waals surface area contributed by atoms with Crippen molar-refractivity contribution in [2.75, 3.05) is 19.6 Å². The van der Waals surface area contributed by atoms with Crippen LogP contribution in [0.2, 0.25) is 0 Å². The molecule has 0 spiro atoms. The number of nitrogens with two attached hydrogens (primary N) is 1. The van der Waals surface area contributed by atoms with Gasteiger partial charge in [-0.3, -0.25) is 14.4 Å². The zero-order chi connectivity index (χ0) is 13.7. The number of hydrogen-bond acceptors (Lipinski definition) is 5. The molecule has 6 N–H and O–H groups in total. The van der Waals surface area contributed by atoms with Crippen LogP contribution in [0.4, 0.5) is 0 Å². The van der Waals surface area contributed by atoms with E-state index in [4.69, 9.17) is 21.1 Å². The summed E-state index contributed by atoms with van der Waals surface area (Å²) in [5.74, 6) is -2.60. The number of nitrogens with one attached hydrogen (secondary N) is 1. The van der Waals surface area contributed by atoms with Gasteiger partial charge in [0.1, 0.15) is 0 Å². The van der Waals surface area contributed by atoms with E-state index in [9.17, 15) is 14.4 Å². The molecule has 0 radical (unpaired) electrons. The van der Waals surface area contributed by atoms with Gasteiger partial charge in [-0.05, 0) is 0 Å². The van der Waals surface area contributed by atoms with Crippen LogP contribution in [0.1, 0.15) is 19.3 Å². The lowest BCUT2D eigenvalue weighted by atomic mass is 10.4. The number of aliphatic carboxylic acids is 3. The molecule has 8 heteroatoms. The number of carboxylic acids is 3. The highest BCUT2D eigenvalue weighted by Crippen LogP contribution is 1.78. The normalized spacial score (nSPS) is 9.00. The smallest absolute Gasteiger partial charge is 0.304 e. The zero-order valence-corrected chi connectivity index (χ0v) is 9.39. The molecule has 0 aliphatic rings. The van der Waals surface area contributed by atoms with Crippen molar-refractivity contribution >= 4 is 17.9 Å². The van der Waals surface area contributed by atoms with Crippen molar-refractivity contribution in [3.8, 4) is 0 Å². The van der Waals surface area contributed by atoms with Crippen molar-refractivity contribution in [2.45, 2.75) is 19.3 Å². The van der Waals surface area contributed by atoms with Crippen LogP contribution in [-0.4, -0.2) is 52.9 Å². The van der Waals surface area contributed by atoms with Crippen molar-refractivity contribution < 1.29 is 29.7 Å². The summed E-state index contributed by atoms with van der Waals surface area (Å²) in [6.45, 7) is 0.876. The Balaban J connectivity index is 0. The summed E-state index contributed by atoms with van der Waals surface area (Å²) < 4.78 is 0. The first-order valence-corrected chi connectivity index (χ1v) is 4.96. The Morgan fingerprint density at radius 2 is 1.18 bits per heavy atom. The van der Waals surface area contributed by atoms with Gasteiger partial charge in [0.2, 0.25) is 0 Å². The van der Waals surface area contributed by atoms with E-state index in [0.717, 1.165) is 0 Å². The van der Waals surface area contributed by atoms with Crippen molar-refractivity contribution in [3.63, 3.8) is 0 Å². The topological polar surface area (TPSA) is 150 Å². The highest BCUT2D eigenvalue weighted by molar-refractivity contribution is 5.67. The summed E-state index contributed by atoms with van der Waals surface area (Å²) in [5.41, 5.74) is 4.85. The van der Waals surface area contributed by atoms with Crippen LogP contribution in [-0.2, 0) is 14.4 Å². The Labute approximate surface area is 98.4 Å². The van der Waals surface area contributed by atoms with Gasteiger partial charge in [0.05, 0.1) is 19.3 Å². The minimum Gasteiger partial charge on any atom is -0.481 e. The van der Waals surface area contributed by atoms with E-state index in [-0.39, 0.29) is 25.8 Å². The van der Waals surface area contributed by atoms with E-state index in [1.54, 1.807) is 0 Å². The van der Waals surface area contributed by atoms with E-state index in [1.807, 2.05) is 0 Å². The van der Waals surface area contributed by atoms with Crippen molar-refractivity contribution in [1.82, 2.24) is 5.32 Å². The van der Waals surface area contributed by atoms with Crippen LogP contribution >= 0.6 is 0 Å². The third-order valence-electron chi connectivity index (χ3n) is 1.39. The zero-order valence-electron chi connectivity index (χ0n) is 9.39. The third kappa shape index (κ3) is 25.0. The largest absolute Gasteiger partial charge is 0.481 e. The lowest BCUT2D eigenvalue weighted by Gasteiger charge is -1.98. The minimum atomic E-state index is -0.882. The molecule has 0 aliphatic heterocycles. The van der Waals surface area contributed by atoms with Crippen molar-refractivity contribution in [3.05, 3.63) is 0 Å². The maximum atomic E-state index is 9.94. The molecule has 100 valence electrons. The Bertz CT molecular complexity index is 228. The van der Waals surface area contributed by atoms with Crippen LogP contribution < -0.4 is 11.1 Å². The lowest BCUT2D eigenvalue weighted by Crippen LogP contribution is -2.21. The highest BCUT2D eigenvalue weighted by atomic mass is 16.4. The number of rotatable bonds is 8. The van der Waals surface area contributed by atoms with Crippen molar-refractivity contribution in [2.24, 2.45) is 5.73 Å². The second-order valence-corrected chi connectivity index (χ2v) is 2.97. The third-order valence-corrected chi connectivity index (χ3v) is 1.39. The van der Waals surface area contributed by atoms with Crippen molar-refractivity contribution in [1.29, 1.82) is 0 Å². The monoisotopic (exact) mass is 250 g/mol. The van der Waals surface area contributed by atoms with Gasteiger partial charge in [-0.25, -0.2) is 0 Å². The SMILES string of the molecule is NCCC(=O)O.O=C(O)CCNCCC(=O)O. The fourth-order valence-electron chi connectivity index (χ4n) is 0.639. The lowest BCUT2D eigenvalue weighted by molar-refractivity contribution is -0.138. The molecule has 0 saturated heterocycles. The summed E-state index contributed by atoms with van der Waals surface area (Å²) >= 11 is 0. The van der Waals surface area contributed by atoms with Gasteiger partial charge in [0.25, 0.3) is 0 Å². The fourth-order valence-corrected chi connectivity index (χ4v) is 0.639. The summed E-state index contributed by atoms with van der Waals surface area (Å²) in [6.07, 6.45) is 0.124. The molecule has 0 amide bonds. The first-order chi connectivity index (χ1) is 7.90. The molecule has 0 bridgehead atoms. The van der Waals surface area contributed by atoms with Gasteiger partial charge in [-0.2, -0.15) is 0 Å². The van der Waals surface area contributed by atoms with Crippen LogP contribution in [0.3, 0.4) is 0 Å². The Kier molecular flexibility index (Phi) is 12.9. The molecule has 0 unspecified atom stereocenters.